The minimum atomic E-state index is 0.0926. The van der Waals surface area contributed by atoms with E-state index in [2.05, 4.69) is 62.2 Å². The fourth-order valence-corrected chi connectivity index (χ4v) is 3.83. The molecule has 0 aliphatic heterocycles. The number of nitrogens with zero attached hydrogens (tertiary/aromatic N) is 3. The van der Waals surface area contributed by atoms with Gasteiger partial charge in [-0.3, -0.25) is 4.68 Å². The molecule has 0 aliphatic rings. The summed E-state index contributed by atoms with van der Waals surface area (Å²) in [5.41, 5.74) is 2.30. The highest BCUT2D eigenvalue weighted by Crippen LogP contribution is 2.24. The molecular weight excluding hydrogens is 318 g/mol. The molecule has 0 saturated carbocycles. The first kappa shape index (κ1) is 15.1. The molecule has 5 nitrogen and oxygen atoms in total. The molecule has 0 spiro atoms. The molecule has 6 heteroatoms. The summed E-state index contributed by atoms with van der Waals surface area (Å²) in [7, 11) is 2.00. The Balaban J connectivity index is 1.51. The summed E-state index contributed by atoms with van der Waals surface area (Å²) in [6, 6.07) is 12.7. The van der Waals surface area contributed by atoms with E-state index in [4.69, 9.17) is 0 Å². The lowest BCUT2D eigenvalue weighted by Crippen LogP contribution is -2.25. The summed E-state index contributed by atoms with van der Waals surface area (Å²) in [6.45, 7) is 0.838. The summed E-state index contributed by atoms with van der Waals surface area (Å²) < 4.78 is 1.95. The molecule has 0 saturated heterocycles. The van der Waals surface area contributed by atoms with Crippen LogP contribution in [0.1, 0.15) is 22.4 Å². The van der Waals surface area contributed by atoms with Crippen molar-refractivity contribution in [3.8, 4) is 0 Å². The summed E-state index contributed by atoms with van der Waals surface area (Å²) in [4.78, 5) is 8.90. The molecule has 0 amide bonds. The molecular formula is C18H19N5S. The number of thiophene rings is 1. The topological polar surface area (TPSA) is 58.5 Å². The zero-order valence-corrected chi connectivity index (χ0v) is 14.3. The number of para-hydroxylation sites is 1. The van der Waals surface area contributed by atoms with Gasteiger partial charge in [0.15, 0.2) is 0 Å². The fraction of sp³-hybridized carbons (Fsp3) is 0.222. The Morgan fingerprint density at radius 1 is 1.25 bits per heavy atom. The number of rotatable bonds is 6. The van der Waals surface area contributed by atoms with Gasteiger partial charge in [-0.05, 0) is 17.5 Å². The number of fused-ring (bicyclic) bond motifs is 1. The van der Waals surface area contributed by atoms with Crippen molar-refractivity contribution in [2.75, 3.05) is 6.54 Å². The van der Waals surface area contributed by atoms with Gasteiger partial charge in [0.1, 0.15) is 11.9 Å². The van der Waals surface area contributed by atoms with Crippen LogP contribution in [-0.4, -0.2) is 26.3 Å². The van der Waals surface area contributed by atoms with Crippen molar-refractivity contribution in [3.63, 3.8) is 0 Å². The highest BCUT2D eigenvalue weighted by Gasteiger charge is 2.17. The zero-order chi connectivity index (χ0) is 16.4. The van der Waals surface area contributed by atoms with Gasteiger partial charge >= 0.3 is 0 Å². The van der Waals surface area contributed by atoms with E-state index in [1.807, 2.05) is 17.9 Å². The smallest absolute Gasteiger partial charge is 0.128 e. The minimum Gasteiger partial charge on any atom is -0.347 e. The monoisotopic (exact) mass is 337 g/mol. The molecule has 0 aliphatic carbocycles. The number of hydrogen-bond acceptors (Lipinski definition) is 4. The summed E-state index contributed by atoms with van der Waals surface area (Å²) in [6.07, 6.45) is 4.54. The molecule has 0 radical (unpaired) electrons. The van der Waals surface area contributed by atoms with E-state index in [1.54, 1.807) is 17.5 Å². The Kier molecular flexibility index (Phi) is 4.15. The van der Waals surface area contributed by atoms with Crippen LogP contribution in [0.4, 0.5) is 0 Å². The third-order valence-corrected chi connectivity index (χ3v) is 5.10. The molecule has 3 aromatic heterocycles. The summed E-state index contributed by atoms with van der Waals surface area (Å²) in [5, 5.41) is 11.6. The van der Waals surface area contributed by atoms with Crippen molar-refractivity contribution in [2.24, 2.45) is 7.05 Å². The standard InChI is InChI=1S/C18H19N5S/c1-23-15-6-3-2-5-13(15)14(22-23)8-9-19-17(16-7-4-12-24-16)18-20-10-11-21-18/h2-7,10-12,17,19H,8-9H2,1H3,(H,20,21). The lowest BCUT2D eigenvalue weighted by molar-refractivity contribution is 0.585. The van der Waals surface area contributed by atoms with Gasteiger partial charge in [-0.1, -0.05) is 24.3 Å². The van der Waals surface area contributed by atoms with Crippen LogP contribution in [0.25, 0.3) is 10.9 Å². The Hall–Kier alpha value is -2.44. The van der Waals surface area contributed by atoms with Gasteiger partial charge in [0, 0.05) is 42.7 Å². The average molecular weight is 337 g/mol. The third kappa shape index (κ3) is 2.86. The second-order valence-electron chi connectivity index (χ2n) is 5.71. The van der Waals surface area contributed by atoms with Crippen LogP contribution >= 0.6 is 11.3 Å². The molecule has 2 N–H and O–H groups in total. The number of imidazole rings is 1. The van der Waals surface area contributed by atoms with Gasteiger partial charge in [-0.15, -0.1) is 11.3 Å². The largest absolute Gasteiger partial charge is 0.347 e. The van der Waals surface area contributed by atoms with Gasteiger partial charge in [0.25, 0.3) is 0 Å². The quantitative estimate of drug-likeness (QED) is 0.568. The third-order valence-electron chi connectivity index (χ3n) is 4.17. The van der Waals surface area contributed by atoms with Crippen LogP contribution in [0.2, 0.25) is 0 Å². The maximum Gasteiger partial charge on any atom is 0.128 e. The number of aryl methyl sites for hydroxylation is 1. The zero-order valence-electron chi connectivity index (χ0n) is 13.4. The van der Waals surface area contributed by atoms with E-state index < -0.39 is 0 Å². The fourth-order valence-electron chi connectivity index (χ4n) is 3.03. The first-order valence-electron chi connectivity index (χ1n) is 7.99. The van der Waals surface area contributed by atoms with Crippen LogP contribution in [0, 0.1) is 0 Å². The van der Waals surface area contributed by atoms with Crippen LogP contribution in [0.15, 0.2) is 54.2 Å². The maximum atomic E-state index is 4.67. The Morgan fingerprint density at radius 2 is 2.17 bits per heavy atom. The van der Waals surface area contributed by atoms with E-state index in [-0.39, 0.29) is 6.04 Å². The highest BCUT2D eigenvalue weighted by atomic mass is 32.1. The number of aromatic nitrogens is 4. The Bertz CT molecular complexity index is 874. The molecule has 4 aromatic rings. The molecule has 1 atom stereocenters. The first-order valence-corrected chi connectivity index (χ1v) is 8.87. The van der Waals surface area contributed by atoms with Crippen molar-refractivity contribution < 1.29 is 0 Å². The summed E-state index contributed by atoms with van der Waals surface area (Å²) >= 11 is 1.74. The lowest BCUT2D eigenvalue weighted by Gasteiger charge is -2.15. The van der Waals surface area contributed by atoms with E-state index in [1.165, 1.54) is 15.8 Å². The maximum absolute atomic E-state index is 4.67. The number of benzene rings is 1. The molecule has 122 valence electrons. The second-order valence-corrected chi connectivity index (χ2v) is 6.69. The van der Waals surface area contributed by atoms with Crippen molar-refractivity contribution in [1.82, 2.24) is 25.1 Å². The molecule has 4 rings (SSSR count). The van der Waals surface area contributed by atoms with Gasteiger partial charge in [-0.2, -0.15) is 5.10 Å². The van der Waals surface area contributed by atoms with E-state index in [9.17, 15) is 0 Å². The number of H-pyrrole nitrogens is 1. The van der Waals surface area contributed by atoms with Gasteiger partial charge in [-0.25, -0.2) is 4.98 Å². The second kappa shape index (κ2) is 6.59. The van der Waals surface area contributed by atoms with Crippen molar-refractivity contribution >= 4 is 22.2 Å². The van der Waals surface area contributed by atoms with E-state index >= 15 is 0 Å². The minimum absolute atomic E-state index is 0.0926. The predicted octanol–water partition coefficient (Wildman–Crippen LogP) is 3.28. The average Bonchev–Trinajstić information content (AvgIpc) is 3.35. The normalized spacial score (nSPS) is 12.7. The Morgan fingerprint density at radius 3 is 2.96 bits per heavy atom. The molecule has 3 heterocycles. The Labute approximate surface area is 144 Å². The summed E-state index contributed by atoms with van der Waals surface area (Å²) in [5.74, 6) is 0.948. The highest BCUT2D eigenvalue weighted by molar-refractivity contribution is 7.10. The van der Waals surface area contributed by atoms with Crippen LogP contribution < -0.4 is 5.32 Å². The van der Waals surface area contributed by atoms with Crippen LogP contribution in [-0.2, 0) is 13.5 Å². The van der Waals surface area contributed by atoms with Gasteiger partial charge < -0.3 is 10.3 Å². The molecule has 0 bridgehead atoms. The number of hydrogen-bond donors (Lipinski definition) is 2. The molecule has 0 fully saturated rings. The molecule has 1 unspecified atom stereocenters. The van der Waals surface area contributed by atoms with Crippen LogP contribution in [0.5, 0.6) is 0 Å². The van der Waals surface area contributed by atoms with Crippen molar-refractivity contribution in [3.05, 3.63) is 70.6 Å². The van der Waals surface area contributed by atoms with Crippen LogP contribution in [0.3, 0.4) is 0 Å². The van der Waals surface area contributed by atoms with Crippen molar-refractivity contribution in [1.29, 1.82) is 0 Å². The number of nitrogens with one attached hydrogen (secondary N) is 2. The lowest BCUT2D eigenvalue weighted by atomic mass is 10.1. The predicted molar refractivity (Wildman–Crippen MR) is 97.2 cm³/mol. The van der Waals surface area contributed by atoms with Crippen molar-refractivity contribution in [2.45, 2.75) is 12.5 Å². The SMILES string of the molecule is Cn1nc(CCNC(c2ncc[nH]2)c2cccs2)c2ccccc21. The van der Waals surface area contributed by atoms with E-state index in [0.29, 0.717) is 0 Å². The molecule has 1 aromatic carbocycles. The number of aromatic amines is 1. The molecule has 24 heavy (non-hydrogen) atoms. The van der Waals surface area contributed by atoms with Gasteiger partial charge in [0.2, 0.25) is 0 Å². The van der Waals surface area contributed by atoms with E-state index in [0.717, 1.165) is 24.5 Å². The first-order chi connectivity index (χ1) is 11.8. The van der Waals surface area contributed by atoms with Gasteiger partial charge in [0.05, 0.1) is 11.2 Å².